The minimum atomic E-state index is -0.00329. The molecule has 1 aromatic rings. The SMILES string of the molecule is O=C(/C=C1/CCc2c(Cl)cc(Cl)cc21)NC1CC1. The Kier molecular flexibility index (Phi) is 3.08. The number of benzene rings is 1. The highest BCUT2D eigenvalue weighted by atomic mass is 35.5. The van der Waals surface area contributed by atoms with Crippen molar-refractivity contribution in [1.29, 1.82) is 0 Å². The minimum Gasteiger partial charge on any atom is -0.350 e. The van der Waals surface area contributed by atoms with Crippen molar-refractivity contribution >= 4 is 34.7 Å². The van der Waals surface area contributed by atoms with E-state index in [1.807, 2.05) is 6.07 Å². The van der Waals surface area contributed by atoms with Gasteiger partial charge in [-0.15, -0.1) is 0 Å². The average Bonchev–Trinajstić information content (AvgIpc) is 3.01. The quantitative estimate of drug-likeness (QED) is 0.825. The molecule has 2 aliphatic rings. The van der Waals surface area contributed by atoms with Crippen LogP contribution in [0.1, 0.15) is 30.4 Å². The van der Waals surface area contributed by atoms with Gasteiger partial charge in [0, 0.05) is 22.2 Å². The van der Waals surface area contributed by atoms with E-state index in [-0.39, 0.29) is 5.91 Å². The lowest BCUT2D eigenvalue weighted by atomic mass is 10.1. The summed E-state index contributed by atoms with van der Waals surface area (Å²) in [6.07, 6.45) is 5.63. The molecular weight excluding hydrogens is 269 g/mol. The number of halogens is 2. The first-order chi connectivity index (χ1) is 8.63. The van der Waals surface area contributed by atoms with Gasteiger partial charge < -0.3 is 5.32 Å². The van der Waals surface area contributed by atoms with Gasteiger partial charge in [-0.2, -0.15) is 0 Å². The maximum absolute atomic E-state index is 11.8. The van der Waals surface area contributed by atoms with E-state index in [2.05, 4.69) is 5.32 Å². The fourth-order valence-electron chi connectivity index (χ4n) is 2.32. The molecule has 0 saturated heterocycles. The smallest absolute Gasteiger partial charge is 0.244 e. The van der Waals surface area contributed by atoms with E-state index in [9.17, 15) is 4.79 Å². The third kappa shape index (κ3) is 2.40. The molecule has 18 heavy (non-hydrogen) atoms. The molecule has 1 amide bonds. The molecule has 0 atom stereocenters. The molecular formula is C14H13Cl2NO. The van der Waals surface area contributed by atoms with Crippen molar-refractivity contribution in [3.05, 3.63) is 39.4 Å². The molecule has 0 unspecified atom stereocenters. The fraction of sp³-hybridized carbons (Fsp3) is 0.357. The molecule has 94 valence electrons. The van der Waals surface area contributed by atoms with Crippen LogP contribution >= 0.6 is 23.2 Å². The molecule has 0 aliphatic heterocycles. The molecule has 0 spiro atoms. The summed E-state index contributed by atoms with van der Waals surface area (Å²) in [5.74, 6) is -0.00329. The number of rotatable bonds is 2. The number of carbonyl (C=O) groups excluding carboxylic acids is 1. The Morgan fingerprint density at radius 1 is 1.28 bits per heavy atom. The molecule has 0 aromatic heterocycles. The lowest BCUT2D eigenvalue weighted by Gasteiger charge is -2.04. The van der Waals surface area contributed by atoms with Crippen molar-refractivity contribution < 1.29 is 4.79 Å². The van der Waals surface area contributed by atoms with E-state index >= 15 is 0 Å². The summed E-state index contributed by atoms with van der Waals surface area (Å²) in [6.45, 7) is 0. The Labute approximate surface area is 116 Å². The number of nitrogens with one attached hydrogen (secondary N) is 1. The van der Waals surface area contributed by atoms with Crippen LogP contribution in [0.15, 0.2) is 18.2 Å². The molecule has 1 N–H and O–H groups in total. The van der Waals surface area contributed by atoms with Gasteiger partial charge in [0.05, 0.1) is 0 Å². The second-order valence-corrected chi connectivity index (χ2v) is 5.71. The van der Waals surface area contributed by atoms with E-state index in [1.54, 1.807) is 12.1 Å². The van der Waals surface area contributed by atoms with Gasteiger partial charge in [0.25, 0.3) is 0 Å². The topological polar surface area (TPSA) is 29.1 Å². The molecule has 0 radical (unpaired) electrons. The van der Waals surface area contributed by atoms with E-state index in [1.165, 1.54) is 0 Å². The van der Waals surface area contributed by atoms with Gasteiger partial charge in [-0.05, 0) is 54.5 Å². The lowest BCUT2D eigenvalue weighted by Crippen LogP contribution is -2.23. The third-order valence-electron chi connectivity index (χ3n) is 3.38. The summed E-state index contributed by atoms with van der Waals surface area (Å²) >= 11 is 12.2. The molecule has 2 aliphatic carbocycles. The average molecular weight is 282 g/mol. The molecule has 3 rings (SSSR count). The third-order valence-corrected chi connectivity index (χ3v) is 3.94. The van der Waals surface area contributed by atoms with Crippen LogP contribution in [0.3, 0.4) is 0 Å². The summed E-state index contributed by atoms with van der Waals surface area (Å²) in [7, 11) is 0. The van der Waals surface area contributed by atoms with Crippen LogP contribution < -0.4 is 5.32 Å². The Balaban J connectivity index is 1.88. The largest absolute Gasteiger partial charge is 0.350 e. The molecule has 0 heterocycles. The van der Waals surface area contributed by atoms with E-state index < -0.39 is 0 Å². The van der Waals surface area contributed by atoms with Gasteiger partial charge in [-0.25, -0.2) is 0 Å². The number of fused-ring (bicyclic) bond motifs is 1. The Hall–Kier alpha value is -0.990. The van der Waals surface area contributed by atoms with Crippen LogP contribution in [-0.4, -0.2) is 11.9 Å². The van der Waals surface area contributed by atoms with Crippen LogP contribution in [0.2, 0.25) is 10.0 Å². The normalized spacial score (nSPS) is 20.0. The summed E-state index contributed by atoms with van der Waals surface area (Å²) in [4.78, 5) is 11.8. The predicted octanol–water partition coefficient (Wildman–Crippen LogP) is 3.60. The van der Waals surface area contributed by atoms with E-state index in [4.69, 9.17) is 23.2 Å². The van der Waals surface area contributed by atoms with E-state index in [0.717, 1.165) is 42.4 Å². The Morgan fingerprint density at radius 3 is 2.78 bits per heavy atom. The maximum Gasteiger partial charge on any atom is 0.244 e. The van der Waals surface area contributed by atoms with Crippen molar-refractivity contribution in [2.24, 2.45) is 0 Å². The van der Waals surface area contributed by atoms with Gasteiger partial charge in [0.1, 0.15) is 0 Å². The van der Waals surface area contributed by atoms with Crippen LogP contribution in [0.25, 0.3) is 5.57 Å². The highest BCUT2D eigenvalue weighted by molar-refractivity contribution is 6.35. The van der Waals surface area contributed by atoms with Crippen molar-refractivity contribution in [1.82, 2.24) is 5.32 Å². The fourth-order valence-corrected chi connectivity index (χ4v) is 2.91. The second-order valence-electron chi connectivity index (χ2n) is 4.87. The van der Waals surface area contributed by atoms with Crippen LogP contribution in [-0.2, 0) is 11.2 Å². The molecule has 1 saturated carbocycles. The van der Waals surface area contributed by atoms with Crippen molar-refractivity contribution in [2.75, 3.05) is 0 Å². The zero-order valence-corrected chi connectivity index (χ0v) is 11.3. The van der Waals surface area contributed by atoms with Gasteiger partial charge in [-0.3, -0.25) is 4.79 Å². The molecule has 4 heteroatoms. The first kappa shape index (κ1) is 12.1. The summed E-state index contributed by atoms with van der Waals surface area (Å²) in [5, 5.41) is 4.28. The Morgan fingerprint density at radius 2 is 2.06 bits per heavy atom. The predicted molar refractivity (Wildman–Crippen MR) is 73.9 cm³/mol. The lowest BCUT2D eigenvalue weighted by molar-refractivity contribution is -0.116. The first-order valence-corrected chi connectivity index (χ1v) is 6.88. The monoisotopic (exact) mass is 281 g/mol. The van der Waals surface area contributed by atoms with Crippen LogP contribution in [0.4, 0.5) is 0 Å². The molecule has 1 fully saturated rings. The maximum atomic E-state index is 11.8. The van der Waals surface area contributed by atoms with Gasteiger partial charge >= 0.3 is 0 Å². The number of amides is 1. The summed E-state index contributed by atoms with van der Waals surface area (Å²) < 4.78 is 0. The van der Waals surface area contributed by atoms with Gasteiger partial charge in [-0.1, -0.05) is 23.2 Å². The number of hydrogen-bond acceptors (Lipinski definition) is 1. The van der Waals surface area contributed by atoms with Crippen LogP contribution in [0, 0.1) is 0 Å². The molecule has 2 nitrogen and oxygen atoms in total. The van der Waals surface area contributed by atoms with Crippen LogP contribution in [0.5, 0.6) is 0 Å². The van der Waals surface area contributed by atoms with Crippen molar-refractivity contribution in [2.45, 2.75) is 31.7 Å². The number of carbonyl (C=O) groups is 1. The number of hydrogen-bond donors (Lipinski definition) is 1. The van der Waals surface area contributed by atoms with Crippen molar-refractivity contribution in [3.8, 4) is 0 Å². The van der Waals surface area contributed by atoms with Gasteiger partial charge in [0.15, 0.2) is 0 Å². The zero-order valence-electron chi connectivity index (χ0n) is 9.80. The highest BCUT2D eigenvalue weighted by Crippen LogP contribution is 2.38. The first-order valence-electron chi connectivity index (χ1n) is 6.13. The van der Waals surface area contributed by atoms with Crippen molar-refractivity contribution in [3.63, 3.8) is 0 Å². The highest BCUT2D eigenvalue weighted by Gasteiger charge is 2.24. The standard InChI is InChI=1S/C14H13Cl2NO/c15-9-6-12-8(1-4-11(12)13(16)7-9)5-14(18)17-10-2-3-10/h5-7,10H,1-4H2,(H,17,18)/b8-5-. The van der Waals surface area contributed by atoms with Gasteiger partial charge in [0.2, 0.25) is 5.91 Å². The van der Waals surface area contributed by atoms with E-state index in [0.29, 0.717) is 16.1 Å². The second kappa shape index (κ2) is 4.60. The molecule has 1 aromatic carbocycles. The summed E-state index contributed by atoms with van der Waals surface area (Å²) in [6, 6.07) is 4.04. The number of allylic oxidation sites excluding steroid dienone is 1. The zero-order chi connectivity index (χ0) is 12.7. The molecule has 0 bridgehead atoms. The summed E-state index contributed by atoms with van der Waals surface area (Å²) in [5.41, 5.74) is 3.16. The minimum absolute atomic E-state index is 0.00329. The Bertz CT molecular complexity index is 547.